The summed E-state index contributed by atoms with van der Waals surface area (Å²) in [6.45, 7) is 2.92. The lowest BCUT2D eigenvalue weighted by Gasteiger charge is -2.33. The number of carbonyl (C=O) groups is 2. The number of anilines is 1. The van der Waals surface area contributed by atoms with Gasteiger partial charge >= 0.3 is 0 Å². The predicted octanol–water partition coefficient (Wildman–Crippen LogP) is 3.59. The third kappa shape index (κ3) is 5.23. The molecule has 0 spiro atoms. The van der Waals surface area contributed by atoms with Gasteiger partial charge in [0.25, 0.3) is 0 Å². The Morgan fingerprint density at radius 1 is 1.19 bits per heavy atom. The van der Waals surface area contributed by atoms with E-state index < -0.39 is 0 Å². The molecule has 0 fully saturated rings. The molecular formula is C21H23ClN2O3. The predicted molar refractivity (Wildman–Crippen MR) is 106 cm³/mol. The van der Waals surface area contributed by atoms with E-state index in [1.807, 2.05) is 37.3 Å². The standard InChI is InChI=1S/C21H23ClN2O3/c1-15-14-24(18-13-17(22)7-8-19(18)27-15)21(26)10-9-20(25)23-12-11-16-5-3-2-4-6-16/h2-8,13,15H,9-12,14H2,1H3,(H,23,25). The van der Waals surface area contributed by atoms with Crippen molar-refractivity contribution in [3.05, 3.63) is 59.1 Å². The summed E-state index contributed by atoms with van der Waals surface area (Å²) in [5, 5.41) is 3.42. The molecule has 1 heterocycles. The summed E-state index contributed by atoms with van der Waals surface area (Å²) in [5.41, 5.74) is 1.83. The van der Waals surface area contributed by atoms with Crippen molar-refractivity contribution in [3.63, 3.8) is 0 Å². The van der Waals surface area contributed by atoms with E-state index in [0.29, 0.717) is 29.5 Å². The van der Waals surface area contributed by atoms with Crippen LogP contribution in [0.15, 0.2) is 48.5 Å². The number of hydrogen-bond donors (Lipinski definition) is 1. The highest BCUT2D eigenvalue weighted by molar-refractivity contribution is 6.31. The van der Waals surface area contributed by atoms with E-state index in [4.69, 9.17) is 16.3 Å². The molecule has 2 aromatic rings. The van der Waals surface area contributed by atoms with Gasteiger partial charge in [-0.05, 0) is 37.1 Å². The Bertz CT molecular complexity index is 810. The van der Waals surface area contributed by atoms with Crippen LogP contribution < -0.4 is 15.0 Å². The monoisotopic (exact) mass is 386 g/mol. The van der Waals surface area contributed by atoms with E-state index in [0.717, 1.165) is 6.42 Å². The topological polar surface area (TPSA) is 58.6 Å². The minimum atomic E-state index is -0.119. The van der Waals surface area contributed by atoms with Crippen molar-refractivity contribution in [2.24, 2.45) is 0 Å². The van der Waals surface area contributed by atoms with Crippen LogP contribution in [0.4, 0.5) is 5.69 Å². The zero-order valence-corrected chi connectivity index (χ0v) is 16.0. The van der Waals surface area contributed by atoms with E-state index in [1.54, 1.807) is 23.1 Å². The largest absolute Gasteiger partial charge is 0.487 e. The zero-order chi connectivity index (χ0) is 19.2. The molecule has 0 bridgehead atoms. The van der Waals surface area contributed by atoms with Crippen LogP contribution in [0.25, 0.3) is 0 Å². The third-order valence-electron chi connectivity index (χ3n) is 4.43. The van der Waals surface area contributed by atoms with Crippen LogP contribution in [-0.2, 0) is 16.0 Å². The number of ether oxygens (including phenoxy) is 1. The second-order valence-corrected chi connectivity index (χ2v) is 7.07. The number of amides is 2. The molecule has 0 aliphatic carbocycles. The molecule has 27 heavy (non-hydrogen) atoms. The zero-order valence-electron chi connectivity index (χ0n) is 15.3. The van der Waals surface area contributed by atoms with Crippen LogP contribution in [0.5, 0.6) is 5.75 Å². The smallest absolute Gasteiger partial charge is 0.227 e. The number of rotatable bonds is 6. The van der Waals surface area contributed by atoms with Crippen molar-refractivity contribution < 1.29 is 14.3 Å². The SMILES string of the molecule is CC1CN(C(=O)CCC(=O)NCCc2ccccc2)c2cc(Cl)ccc2O1. The Kier molecular flexibility index (Phi) is 6.35. The Morgan fingerprint density at radius 3 is 2.74 bits per heavy atom. The third-order valence-corrected chi connectivity index (χ3v) is 4.66. The van der Waals surface area contributed by atoms with Gasteiger partial charge in [0.2, 0.25) is 11.8 Å². The minimum Gasteiger partial charge on any atom is -0.487 e. The average molecular weight is 387 g/mol. The Balaban J connectivity index is 1.50. The molecule has 1 aliphatic rings. The normalized spacial score (nSPS) is 15.6. The first-order chi connectivity index (χ1) is 13.0. The highest BCUT2D eigenvalue weighted by Crippen LogP contribution is 2.36. The fraction of sp³-hybridized carbons (Fsp3) is 0.333. The van der Waals surface area contributed by atoms with E-state index in [1.165, 1.54) is 5.56 Å². The van der Waals surface area contributed by atoms with Gasteiger partial charge in [0.05, 0.1) is 12.2 Å². The summed E-state index contributed by atoms with van der Waals surface area (Å²) < 4.78 is 5.76. The van der Waals surface area contributed by atoms with E-state index in [-0.39, 0.29) is 30.8 Å². The summed E-state index contributed by atoms with van der Waals surface area (Å²) >= 11 is 6.06. The second kappa shape index (κ2) is 8.91. The fourth-order valence-corrected chi connectivity index (χ4v) is 3.25. The number of fused-ring (bicyclic) bond motifs is 1. The van der Waals surface area contributed by atoms with Crippen molar-refractivity contribution in [1.29, 1.82) is 0 Å². The molecule has 6 heteroatoms. The van der Waals surface area contributed by atoms with E-state index >= 15 is 0 Å². The van der Waals surface area contributed by atoms with Gasteiger partial charge in [-0.2, -0.15) is 0 Å². The highest BCUT2D eigenvalue weighted by Gasteiger charge is 2.27. The molecule has 0 saturated heterocycles. The summed E-state index contributed by atoms with van der Waals surface area (Å²) in [6.07, 6.45) is 0.973. The van der Waals surface area contributed by atoms with Crippen molar-refractivity contribution in [2.45, 2.75) is 32.3 Å². The highest BCUT2D eigenvalue weighted by atomic mass is 35.5. The molecule has 3 rings (SSSR count). The van der Waals surface area contributed by atoms with Crippen molar-refractivity contribution in [2.75, 3.05) is 18.0 Å². The Morgan fingerprint density at radius 2 is 1.96 bits per heavy atom. The molecule has 1 unspecified atom stereocenters. The summed E-state index contributed by atoms with van der Waals surface area (Å²) in [7, 11) is 0. The lowest BCUT2D eigenvalue weighted by Crippen LogP contribution is -2.42. The van der Waals surface area contributed by atoms with E-state index in [9.17, 15) is 9.59 Å². The molecule has 1 aliphatic heterocycles. The fourth-order valence-electron chi connectivity index (χ4n) is 3.08. The van der Waals surface area contributed by atoms with Gasteiger partial charge in [-0.1, -0.05) is 41.9 Å². The molecular weight excluding hydrogens is 364 g/mol. The first-order valence-electron chi connectivity index (χ1n) is 9.10. The van der Waals surface area contributed by atoms with E-state index in [2.05, 4.69) is 5.32 Å². The maximum absolute atomic E-state index is 12.7. The molecule has 2 amide bonds. The van der Waals surface area contributed by atoms with Gasteiger partial charge in [0.1, 0.15) is 11.9 Å². The van der Waals surface area contributed by atoms with Gasteiger partial charge < -0.3 is 15.0 Å². The molecule has 1 atom stereocenters. The van der Waals surface area contributed by atoms with Crippen LogP contribution in [0.3, 0.4) is 0 Å². The number of carbonyl (C=O) groups excluding carboxylic acids is 2. The quantitative estimate of drug-likeness (QED) is 0.825. The summed E-state index contributed by atoms with van der Waals surface area (Å²) in [5.74, 6) is 0.414. The molecule has 0 radical (unpaired) electrons. The minimum absolute atomic E-state index is 0.105. The van der Waals surface area contributed by atoms with Gasteiger partial charge in [-0.25, -0.2) is 0 Å². The number of hydrogen-bond acceptors (Lipinski definition) is 3. The molecule has 1 N–H and O–H groups in total. The number of nitrogens with zero attached hydrogens (tertiary/aromatic N) is 1. The van der Waals surface area contributed by atoms with Gasteiger partial charge in [-0.3, -0.25) is 9.59 Å². The first kappa shape index (κ1) is 19.2. The van der Waals surface area contributed by atoms with Crippen LogP contribution in [0.2, 0.25) is 5.02 Å². The van der Waals surface area contributed by atoms with Gasteiger partial charge in [0.15, 0.2) is 0 Å². The molecule has 0 aromatic heterocycles. The first-order valence-corrected chi connectivity index (χ1v) is 9.48. The molecule has 5 nitrogen and oxygen atoms in total. The maximum Gasteiger partial charge on any atom is 0.227 e. The maximum atomic E-state index is 12.7. The lowest BCUT2D eigenvalue weighted by molar-refractivity contribution is -0.125. The van der Waals surface area contributed by atoms with Gasteiger partial charge in [0, 0.05) is 24.4 Å². The van der Waals surface area contributed by atoms with Gasteiger partial charge in [-0.15, -0.1) is 0 Å². The number of benzene rings is 2. The van der Waals surface area contributed by atoms with Crippen LogP contribution in [0.1, 0.15) is 25.3 Å². The van der Waals surface area contributed by atoms with Crippen LogP contribution in [0, 0.1) is 0 Å². The number of halogens is 1. The Hall–Kier alpha value is -2.53. The molecule has 0 saturated carbocycles. The second-order valence-electron chi connectivity index (χ2n) is 6.63. The lowest BCUT2D eigenvalue weighted by atomic mass is 10.1. The summed E-state index contributed by atoms with van der Waals surface area (Å²) in [4.78, 5) is 26.4. The van der Waals surface area contributed by atoms with Crippen LogP contribution >= 0.6 is 11.6 Å². The summed E-state index contributed by atoms with van der Waals surface area (Å²) in [6, 6.07) is 15.2. The molecule has 142 valence electrons. The Labute approximate surface area is 164 Å². The molecule has 2 aromatic carbocycles. The van der Waals surface area contributed by atoms with Crippen molar-refractivity contribution in [3.8, 4) is 5.75 Å². The van der Waals surface area contributed by atoms with Crippen molar-refractivity contribution in [1.82, 2.24) is 5.32 Å². The average Bonchev–Trinajstić information content (AvgIpc) is 2.66. The van der Waals surface area contributed by atoms with Crippen LogP contribution in [-0.4, -0.2) is 31.0 Å². The number of nitrogens with one attached hydrogen (secondary N) is 1. The van der Waals surface area contributed by atoms with Crippen molar-refractivity contribution >= 4 is 29.1 Å².